The van der Waals surface area contributed by atoms with Crippen molar-refractivity contribution >= 4 is 5.97 Å². The monoisotopic (exact) mass is 204 g/mol. The van der Waals surface area contributed by atoms with E-state index in [9.17, 15) is 9.90 Å². The summed E-state index contributed by atoms with van der Waals surface area (Å²) in [4.78, 5) is 11.3. The number of rotatable bonds is 4. The highest BCUT2D eigenvalue weighted by atomic mass is 16.5. The summed E-state index contributed by atoms with van der Waals surface area (Å²) in [5.41, 5.74) is -1.69. The second-order valence-corrected chi connectivity index (χ2v) is 4.79. The third-order valence-corrected chi connectivity index (χ3v) is 1.83. The Labute approximate surface area is 84.9 Å². The van der Waals surface area contributed by atoms with Gasteiger partial charge in [0, 0.05) is 6.42 Å². The normalized spacial score (nSPS) is 16.1. The van der Waals surface area contributed by atoms with Gasteiger partial charge in [0.25, 0.3) is 0 Å². The molecule has 1 unspecified atom stereocenters. The van der Waals surface area contributed by atoms with Crippen LogP contribution in [0, 0.1) is 5.41 Å². The van der Waals surface area contributed by atoms with Crippen molar-refractivity contribution in [2.24, 2.45) is 5.41 Å². The van der Waals surface area contributed by atoms with Gasteiger partial charge in [0.2, 0.25) is 0 Å². The molecule has 0 radical (unpaired) electrons. The molecule has 84 valence electrons. The molecule has 0 amide bonds. The Morgan fingerprint density at radius 1 is 1.29 bits per heavy atom. The average molecular weight is 204 g/mol. The molecule has 0 heterocycles. The molecule has 0 bridgehead atoms. The van der Waals surface area contributed by atoms with Crippen LogP contribution in [0.15, 0.2) is 0 Å². The van der Waals surface area contributed by atoms with E-state index in [0.29, 0.717) is 0 Å². The van der Waals surface area contributed by atoms with Gasteiger partial charge >= 0.3 is 5.97 Å². The number of carbonyl (C=O) groups excluding carboxylic acids is 1. The summed E-state index contributed by atoms with van der Waals surface area (Å²) in [6, 6.07) is 0. The van der Waals surface area contributed by atoms with Crippen LogP contribution < -0.4 is 0 Å². The zero-order chi connectivity index (χ0) is 11.4. The van der Waals surface area contributed by atoms with Gasteiger partial charge in [0.15, 0.2) is 0 Å². The maximum atomic E-state index is 11.3. The van der Waals surface area contributed by atoms with Gasteiger partial charge in [-0.2, -0.15) is 0 Å². The number of hydrogen-bond donors (Lipinski definition) is 2. The fourth-order valence-electron chi connectivity index (χ4n) is 0.659. The lowest BCUT2D eigenvalue weighted by molar-refractivity contribution is -0.154. The van der Waals surface area contributed by atoms with Crippen LogP contribution in [0.5, 0.6) is 0 Å². The summed E-state index contributed by atoms with van der Waals surface area (Å²) in [6.45, 7) is 6.58. The molecule has 0 aliphatic carbocycles. The van der Waals surface area contributed by atoms with Crippen molar-refractivity contribution in [1.29, 1.82) is 0 Å². The number of hydrogen-bond acceptors (Lipinski definition) is 4. The lowest BCUT2D eigenvalue weighted by atomic mass is 9.97. The van der Waals surface area contributed by atoms with Crippen LogP contribution in [0.4, 0.5) is 0 Å². The SMILES string of the molecule is CC(O)(CO)CCOC(=O)C(C)(C)C. The minimum absolute atomic E-state index is 0.129. The van der Waals surface area contributed by atoms with Crippen LogP contribution in [0.2, 0.25) is 0 Å². The lowest BCUT2D eigenvalue weighted by Gasteiger charge is -2.22. The molecular weight excluding hydrogens is 184 g/mol. The van der Waals surface area contributed by atoms with Gasteiger partial charge in [-0.15, -0.1) is 0 Å². The molecule has 0 aromatic carbocycles. The van der Waals surface area contributed by atoms with E-state index in [2.05, 4.69) is 0 Å². The van der Waals surface area contributed by atoms with Crippen LogP contribution in [0.1, 0.15) is 34.1 Å². The number of aliphatic hydroxyl groups is 2. The van der Waals surface area contributed by atoms with E-state index in [-0.39, 0.29) is 25.6 Å². The second-order valence-electron chi connectivity index (χ2n) is 4.79. The zero-order valence-electron chi connectivity index (χ0n) is 9.33. The maximum absolute atomic E-state index is 11.3. The highest BCUT2D eigenvalue weighted by molar-refractivity contribution is 5.75. The molecule has 0 saturated carbocycles. The number of aliphatic hydroxyl groups excluding tert-OH is 1. The smallest absolute Gasteiger partial charge is 0.311 e. The Kier molecular flexibility index (Phi) is 4.55. The van der Waals surface area contributed by atoms with Crippen LogP contribution in [0.3, 0.4) is 0 Å². The topological polar surface area (TPSA) is 66.8 Å². The van der Waals surface area contributed by atoms with Gasteiger partial charge in [0.1, 0.15) is 0 Å². The van der Waals surface area contributed by atoms with E-state index in [0.717, 1.165) is 0 Å². The average Bonchev–Trinajstić information content (AvgIpc) is 2.02. The van der Waals surface area contributed by atoms with Gasteiger partial charge < -0.3 is 14.9 Å². The lowest BCUT2D eigenvalue weighted by Crippen LogP contribution is -2.32. The molecule has 0 saturated heterocycles. The van der Waals surface area contributed by atoms with E-state index in [1.54, 1.807) is 20.8 Å². The van der Waals surface area contributed by atoms with Gasteiger partial charge in [-0.3, -0.25) is 4.79 Å². The second kappa shape index (κ2) is 4.75. The molecule has 0 aliphatic rings. The fourth-order valence-corrected chi connectivity index (χ4v) is 0.659. The summed E-state index contributed by atoms with van der Waals surface area (Å²) in [6.07, 6.45) is 0.241. The van der Waals surface area contributed by atoms with Crippen molar-refractivity contribution in [3.8, 4) is 0 Å². The molecule has 0 aromatic heterocycles. The standard InChI is InChI=1S/C10H20O4/c1-9(2,3)8(12)14-6-5-10(4,13)7-11/h11,13H,5-7H2,1-4H3. The van der Waals surface area contributed by atoms with Crippen LogP contribution in [0.25, 0.3) is 0 Å². The summed E-state index contributed by atoms with van der Waals surface area (Å²) < 4.78 is 4.93. The highest BCUT2D eigenvalue weighted by Gasteiger charge is 2.25. The largest absolute Gasteiger partial charge is 0.465 e. The molecule has 0 aromatic rings. The Bertz CT molecular complexity index is 191. The molecule has 0 fully saturated rings. The first-order valence-electron chi connectivity index (χ1n) is 4.69. The van der Waals surface area contributed by atoms with Gasteiger partial charge in [-0.05, 0) is 27.7 Å². The van der Waals surface area contributed by atoms with Crippen molar-refractivity contribution in [1.82, 2.24) is 0 Å². The molecule has 14 heavy (non-hydrogen) atoms. The number of carbonyl (C=O) groups is 1. The zero-order valence-corrected chi connectivity index (χ0v) is 9.33. The van der Waals surface area contributed by atoms with E-state index in [4.69, 9.17) is 9.84 Å². The number of esters is 1. The fraction of sp³-hybridized carbons (Fsp3) is 0.900. The van der Waals surface area contributed by atoms with Gasteiger partial charge in [-0.25, -0.2) is 0 Å². The molecule has 0 spiro atoms. The van der Waals surface area contributed by atoms with Crippen LogP contribution in [-0.4, -0.2) is 35.0 Å². The number of ether oxygens (including phenoxy) is 1. The first-order valence-corrected chi connectivity index (χ1v) is 4.69. The summed E-state index contributed by atoms with van der Waals surface area (Å²) >= 11 is 0. The minimum atomic E-state index is -1.17. The molecular formula is C10H20O4. The molecule has 0 aliphatic heterocycles. The van der Waals surface area contributed by atoms with Crippen molar-refractivity contribution < 1.29 is 19.7 Å². The quantitative estimate of drug-likeness (QED) is 0.662. The Morgan fingerprint density at radius 2 is 1.79 bits per heavy atom. The van der Waals surface area contributed by atoms with Crippen molar-refractivity contribution in [2.75, 3.05) is 13.2 Å². The molecule has 4 nitrogen and oxygen atoms in total. The van der Waals surface area contributed by atoms with Crippen molar-refractivity contribution in [2.45, 2.75) is 39.7 Å². The van der Waals surface area contributed by atoms with Crippen LogP contribution >= 0.6 is 0 Å². The first kappa shape index (κ1) is 13.4. The molecule has 4 heteroatoms. The Balaban J connectivity index is 3.82. The van der Waals surface area contributed by atoms with Gasteiger partial charge in [-0.1, -0.05) is 0 Å². The Hall–Kier alpha value is -0.610. The van der Waals surface area contributed by atoms with Crippen LogP contribution in [-0.2, 0) is 9.53 Å². The molecule has 1 atom stereocenters. The van der Waals surface area contributed by atoms with Crippen molar-refractivity contribution in [3.63, 3.8) is 0 Å². The van der Waals surface area contributed by atoms with E-state index in [1.165, 1.54) is 6.92 Å². The summed E-state index contributed by atoms with van der Waals surface area (Å²) in [5.74, 6) is -0.300. The third kappa shape index (κ3) is 5.19. The van der Waals surface area contributed by atoms with E-state index < -0.39 is 11.0 Å². The van der Waals surface area contributed by atoms with E-state index in [1.807, 2.05) is 0 Å². The summed E-state index contributed by atoms with van der Waals surface area (Å²) in [7, 11) is 0. The summed E-state index contributed by atoms with van der Waals surface area (Å²) in [5, 5.41) is 18.1. The highest BCUT2D eigenvalue weighted by Crippen LogP contribution is 2.16. The Morgan fingerprint density at radius 3 is 2.14 bits per heavy atom. The third-order valence-electron chi connectivity index (χ3n) is 1.83. The van der Waals surface area contributed by atoms with Gasteiger partial charge in [0.05, 0.1) is 24.2 Å². The molecule has 2 N–H and O–H groups in total. The predicted octanol–water partition coefficient (Wildman–Crippen LogP) is 0.709. The first-order chi connectivity index (χ1) is 6.19. The molecule has 0 rings (SSSR count). The minimum Gasteiger partial charge on any atom is -0.465 e. The van der Waals surface area contributed by atoms with Crippen molar-refractivity contribution in [3.05, 3.63) is 0 Å². The maximum Gasteiger partial charge on any atom is 0.311 e. The predicted molar refractivity (Wildman–Crippen MR) is 52.7 cm³/mol. The van der Waals surface area contributed by atoms with E-state index >= 15 is 0 Å².